The zero-order valence-electron chi connectivity index (χ0n) is 10.4. The summed E-state index contributed by atoms with van der Waals surface area (Å²) in [6, 6.07) is 0. The van der Waals surface area contributed by atoms with Gasteiger partial charge in [-0.3, -0.25) is 9.69 Å². The summed E-state index contributed by atoms with van der Waals surface area (Å²) in [6.45, 7) is 5.89. The Balaban J connectivity index is 3.88. The average molecular weight is 225 g/mol. The summed E-state index contributed by atoms with van der Waals surface area (Å²) >= 11 is 0. The van der Waals surface area contributed by atoms with Gasteiger partial charge in [-0.25, -0.2) is 0 Å². The molecule has 0 bridgehead atoms. The summed E-state index contributed by atoms with van der Waals surface area (Å²) in [6.07, 6.45) is 10.0. The topological polar surface area (TPSA) is 40.5 Å². The van der Waals surface area contributed by atoms with Crippen molar-refractivity contribution < 1.29 is 9.90 Å². The minimum absolute atomic E-state index is 0.348. The van der Waals surface area contributed by atoms with Crippen molar-refractivity contribution in [1.29, 1.82) is 0 Å². The number of hydrogen-bond acceptors (Lipinski definition) is 2. The van der Waals surface area contributed by atoms with Crippen LogP contribution in [-0.4, -0.2) is 35.6 Å². The summed E-state index contributed by atoms with van der Waals surface area (Å²) in [4.78, 5) is 12.8. The third-order valence-electron chi connectivity index (χ3n) is 2.60. The lowest BCUT2D eigenvalue weighted by Gasteiger charge is -2.21. The predicted molar refractivity (Wildman–Crippen MR) is 66.2 cm³/mol. The number of nitrogens with zero attached hydrogens (tertiary/aromatic N) is 1. The van der Waals surface area contributed by atoms with Crippen molar-refractivity contribution in [3.8, 4) is 12.3 Å². The van der Waals surface area contributed by atoms with Gasteiger partial charge in [0, 0.05) is 6.54 Å². The van der Waals surface area contributed by atoms with Gasteiger partial charge in [0.1, 0.15) is 0 Å². The SMILES string of the molecule is C#CCN(CCCCCC)CC(C)C(=O)O. The van der Waals surface area contributed by atoms with Gasteiger partial charge < -0.3 is 5.11 Å². The summed E-state index contributed by atoms with van der Waals surface area (Å²) in [5.74, 6) is 1.48. The van der Waals surface area contributed by atoms with Crippen molar-refractivity contribution in [2.24, 2.45) is 5.92 Å². The van der Waals surface area contributed by atoms with Crippen LogP contribution in [0.2, 0.25) is 0 Å². The Morgan fingerprint density at radius 2 is 2.12 bits per heavy atom. The number of aliphatic carboxylic acids is 1. The van der Waals surface area contributed by atoms with Crippen LogP contribution >= 0.6 is 0 Å². The van der Waals surface area contributed by atoms with Gasteiger partial charge >= 0.3 is 5.97 Å². The Morgan fingerprint density at radius 3 is 2.62 bits per heavy atom. The monoisotopic (exact) mass is 225 g/mol. The van der Waals surface area contributed by atoms with E-state index in [1.807, 2.05) is 0 Å². The zero-order valence-corrected chi connectivity index (χ0v) is 10.4. The molecule has 0 aromatic rings. The molecule has 3 heteroatoms. The molecule has 1 atom stereocenters. The first-order valence-electron chi connectivity index (χ1n) is 6.00. The Bertz CT molecular complexity index is 233. The lowest BCUT2D eigenvalue weighted by atomic mass is 10.1. The van der Waals surface area contributed by atoms with Crippen LogP contribution in [0.4, 0.5) is 0 Å². The average Bonchev–Trinajstić information content (AvgIpc) is 2.24. The minimum Gasteiger partial charge on any atom is -0.481 e. The van der Waals surface area contributed by atoms with Crippen molar-refractivity contribution in [2.75, 3.05) is 19.6 Å². The number of carboxylic acids is 1. The molecule has 0 aliphatic heterocycles. The van der Waals surface area contributed by atoms with E-state index in [1.165, 1.54) is 19.3 Å². The summed E-state index contributed by atoms with van der Waals surface area (Å²) in [7, 11) is 0. The third kappa shape index (κ3) is 7.30. The van der Waals surface area contributed by atoms with E-state index < -0.39 is 5.97 Å². The first-order valence-corrected chi connectivity index (χ1v) is 6.00. The minimum atomic E-state index is -0.754. The molecule has 0 aliphatic rings. The second-order valence-electron chi connectivity index (χ2n) is 4.24. The molecule has 0 rings (SSSR count). The van der Waals surface area contributed by atoms with Crippen molar-refractivity contribution in [3.05, 3.63) is 0 Å². The van der Waals surface area contributed by atoms with Crippen LogP contribution in [0.1, 0.15) is 39.5 Å². The third-order valence-corrected chi connectivity index (χ3v) is 2.60. The fourth-order valence-corrected chi connectivity index (χ4v) is 1.59. The second kappa shape index (κ2) is 9.23. The Hall–Kier alpha value is -1.01. The molecule has 1 unspecified atom stereocenters. The molecule has 0 aromatic heterocycles. The normalized spacial score (nSPS) is 12.4. The number of hydrogen-bond donors (Lipinski definition) is 1. The van der Waals surface area contributed by atoms with Gasteiger partial charge in [0.05, 0.1) is 12.5 Å². The largest absolute Gasteiger partial charge is 0.481 e. The first-order chi connectivity index (χ1) is 7.61. The van der Waals surface area contributed by atoms with Crippen LogP contribution < -0.4 is 0 Å². The van der Waals surface area contributed by atoms with Crippen molar-refractivity contribution in [1.82, 2.24) is 4.90 Å². The van der Waals surface area contributed by atoms with Gasteiger partial charge in [0.15, 0.2) is 0 Å². The van der Waals surface area contributed by atoms with Crippen molar-refractivity contribution in [3.63, 3.8) is 0 Å². The molecule has 0 amide bonds. The quantitative estimate of drug-likeness (QED) is 0.483. The van der Waals surface area contributed by atoms with E-state index in [9.17, 15) is 4.79 Å². The van der Waals surface area contributed by atoms with E-state index in [-0.39, 0.29) is 5.92 Å². The Morgan fingerprint density at radius 1 is 1.44 bits per heavy atom. The van der Waals surface area contributed by atoms with E-state index >= 15 is 0 Å². The number of rotatable bonds is 9. The maximum atomic E-state index is 10.7. The van der Waals surface area contributed by atoms with Crippen LogP contribution in [0, 0.1) is 18.3 Å². The highest BCUT2D eigenvalue weighted by Crippen LogP contribution is 2.04. The Kier molecular flexibility index (Phi) is 8.65. The number of carbonyl (C=O) groups is 1. The molecular formula is C13H23NO2. The maximum absolute atomic E-state index is 10.7. The van der Waals surface area contributed by atoms with Crippen molar-refractivity contribution in [2.45, 2.75) is 39.5 Å². The number of terminal acetylenes is 1. The lowest BCUT2D eigenvalue weighted by molar-refractivity contribution is -0.141. The molecule has 92 valence electrons. The fraction of sp³-hybridized carbons (Fsp3) is 0.769. The maximum Gasteiger partial charge on any atom is 0.307 e. The van der Waals surface area contributed by atoms with Gasteiger partial charge in [0.25, 0.3) is 0 Å². The Labute approximate surface area is 98.8 Å². The molecule has 0 saturated heterocycles. The van der Waals surface area contributed by atoms with Crippen LogP contribution in [0.15, 0.2) is 0 Å². The standard InChI is InChI=1S/C13H23NO2/c1-4-6-7-8-10-14(9-5-2)11-12(3)13(15)16/h2,12H,4,6-11H2,1,3H3,(H,15,16). The van der Waals surface area contributed by atoms with E-state index in [0.29, 0.717) is 13.1 Å². The summed E-state index contributed by atoms with van der Waals surface area (Å²) in [5.41, 5.74) is 0. The molecule has 0 aliphatic carbocycles. The van der Waals surface area contributed by atoms with Gasteiger partial charge in [-0.1, -0.05) is 39.0 Å². The summed E-state index contributed by atoms with van der Waals surface area (Å²) < 4.78 is 0. The molecule has 1 N–H and O–H groups in total. The van der Waals surface area contributed by atoms with Crippen LogP contribution in [0.25, 0.3) is 0 Å². The van der Waals surface area contributed by atoms with Crippen LogP contribution in [0.5, 0.6) is 0 Å². The molecule has 0 heterocycles. The molecule has 0 aromatic carbocycles. The molecule has 16 heavy (non-hydrogen) atoms. The van der Waals surface area contributed by atoms with E-state index in [2.05, 4.69) is 17.7 Å². The first kappa shape index (κ1) is 15.0. The van der Waals surface area contributed by atoms with E-state index in [0.717, 1.165) is 13.0 Å². The summed E-state index contributed by atoms with van der Waals surface area (Å²) in [5, 5.41) is 8.83. The lowest BCUT2D eigenvalue weighted by Crippen LogP contribution is -2.33. The molecule has 0 fully saturated rings. The molecule has 0 saturated carbocycles. The highest BCUT2D eigenvalue weighted by atomic mass is 16.4. The zero-order chi connectivity index (χ0) is 12.4. The van der Waals surface area contributed by atoms with Crippen LogP contribution in [-0.2, 0) is 4.79 Å². The molecule has 0 radical (unpaired) electrons. The fourth-order valence-electron chi connectivity index (χ4n) is 1.59. The number of carboxylic acid groups (broad SMARTS) is 1. The molecular weight excluding hydrogens is 202 g/mol. The highest BCUT2D eigenvalue weighted by molar-refractivity contribution is 5.69. The van der Waals surface area contributed by atoms with Gasteiger partial charge in [-0.05, 0) is 13.0 Å². The predicted octanol–water partition coefficient (Wildman–Crippen LogP) is 2.22. The van der Waals surface area contributed by atoms with Gasteiger partial charge in [-0.2, -0.15) is 0 Å². The van der Waals surface area contributed by atoms with E-state index in [1.54, 1.807) is 6.92 Å². The second-order valence-corrected chi connectivity index (χ2v) is 4.24. The van der Waals surface area contributed by atoms with Gasteiger partial charge in [-0.15, -0.1) is 6.42 Å². The molecule has 3 nitrogen and oxygen atoms in total. The number of unbranched alkanes of at least 4 members (excludes halogenated alkanes) is 3. The molecule has 0 spiro atoms. The van der Waals surface area contributed by atoms with E-state index in [4.69, 9.17) is 11.5 Å². The van der Waals surface area contributed by atoms with Gasteiger partial charge in [0.2, 0.25) is 0 Å². The van der Waals surface area contributed by atoms with Crippen molar-refractivity contribution >= 4 is 5.97 Å². The van der Waals surface area contributed by atoms with Crippen LogP contribution in [0.3, 0.4) is 0 Å². The smallest absolute Gasteiger partial charge is 0.307 e. The highest BCUT2D eigenvalue weighted by Gasteiger charge is 2.14.